The molecule has 3 nitrogen and oxygen atoms in total. The molecule has 0 bridgehead atoms. The molecule has 1 amide bonds. The van der Waals surface area contributed by atoms with Gasteiger partial charge in [-0.3, -0.25) is 4.79 Å². The fraction of sp³-hybridized carbons (Fsp3) is 0.381. The molecule has 0 aliphatic carbocycles. The van der Waals surface area contributed by atoms with Crippen LogP contribution in [0.3, 0.4) is 0 Å². The molecular weight excluding hydrogens is 296 g/mol. The topological polar surface area (TPSA) is 46.3 Å². The van der Waals surface area contributed by atoms with E-state index in [1.54, 1.807) is 0 Å². The Balaban J connectivity index is 1.58. The van der Waals surface area contributed by atoms with E-state index in [0.29, 0.717) is 6.54 Å². The van der Waals surface area contributed by atoms with Crippen LogP contribution < -0.4 is 5.73 Å². The van der Waals surface area contributed by atoms with Crippen molar-refractivity contribution in [3.05, 3.63) is 71.8 Å². The summed E-state index contributed by atoms with van der Waals surface area (Å²) in [5, 5.41) is 0. The van der Waals surface area contributed by atoms with Crippen LogP contribution in [0.4, 0.5) is 0 Å². The zero-order valence-electron chi connectivity index (χ0n) is 14.2. The highest BCUT2D eigenvalue weighted by Gasteiger charge is 2.34. The van der Waals surface area contributed by atoms with Crippen LogP contribution in [0.15, 0.2) is 60.7 Å². The second kappa shape index (κ2) is 7.63. The van der Waals surface area contributed by atoms with E-state index in [2.05, 4.69) is 30.3 Å². The SMILES string of the molecule is NCC1(CCc2ccccc2)CCN(C(=O)c2ccccc2)CC1. The molecule has 0 radical (unpaired) electrons. The average molecular weight is 322 g/mol. The molecule has 3 heteroatoms. The normalized spacial score (nSPS) is 16.8. The number of nitrogens with zero attached hydrogens (tertiary/aromatic N) is 1. The van der Waals surface area contributed by atoms with Crippen LogP contribution in [0.25, 0.3) is 0 Å². The zero-order valence-corrected chi connectivity index (χ0v) is 14.2. The first-order valence-corrected chi connectivity index (χ1v) is 8.81. The van der Waals surface area contributed by atoms with Crippen LogP contribution in [0.5, 0.6) is 0 Å². The summed E-state index contributed by atoms with van der Waals surface area (Å²) in [5.74, 6) is 0.143. The molecule has 3 rings (SSSR count). The lowest BCUT2D eigenvalue weighted by Crippen LogP contribution is -2.46. The van der Waals surface area contributed by atoms with Gasteiger partial charge in [0.05, 0.1) is 0 Å². The van der Waals surface area contributed by atoms with E-state index in [1.807, 2.05) is 35.2 Å². The Morgan fingerprint density at radius 2 is 1.54 bits per heavy atom. The van der Waals surface area contributed by atoms with E-state index in [1.165, 1.54) is 5.56 Å². The highest BCUT2D eigenvalue weighted by Crippen LogP contribution is 2.35. The molecule has 0 atom stereocenters. The van der Waals surface area contributed by atoms with Crippen molar-refractivity contribution in [3.63, 3.8) is 0 Å². The summed E-state index contributed by atoms with van der Waals surface area (Å²) in [5.41, 5.74) is 8.45. The minimum absolute atomic E-state index is 0.143. The molecule has 1 aliphatic rings. The number of nitrogens with two attached hydrogens (primary N) is 1. The smallest absolute Gasteiger partial charge is 0.253 e. The second-order valence-electron chi connectivity index (χ2n) is 6.85. The number of piperidine rings is 1. The van der Waals surface area contributed by atoms with E-state index in [-0.39, 0.29) is 11.3 Å². The standard InChI is InChI=1S/C21H26N2O/c22-17-21(12-11-18-7-3-1-4-8-18)13-15-23(16-14-21)20(24)19-9-5-2-6-10-19/h1-10H,11-17,22H2. The summed E-state index contributed by atoms with van der Waals surface area (Å²) < 4.78 is 0. The predicted molar refractivity (Wildman–Crippen MR) is 97.8 cm³/mol. The number of rotatable bonds is 5. The fourth-order valence-corrected chi connectivity index (χ4v) is 3.56. The number of carbonyl (C=O) groups excluding carboxylic acids is 1. The lowest BCUT2D eigenvalue weighted by Gasteiger charge is -2.41. The van der Waals surface area contributed by atoms with Gasteiger partial charge in [0, 0.05) is 18.7 Å². The maximum Gasteiger partial charge on any atom is 0.253 e. The number of carbonyl (C=O) groups is 1. The summed E-state index contributed by atoms with van der Waals surface area (Å²) in [7, 11) is 0. The van der Waals surface area contributed by atoms with Crippen molar-refractivity contribution >= 4 is 5.91 Å². The lowest BCUT2D eigenvalue weighted by molar-refractivity contribution is 0.0574. The highest BCUT2D eigenvalue weighted by atomic mass is 16.2. The molecule has 126 valence electrons. The van der Waals surface area contributed by atoms with E-state index in [9.17, 15) is 4.79 Å². The van der Waals surface area contributed by atoms with Gasteiger partial charge in [-0.25, -0.2) is 0 Å². The third kappa shape index (κ3) is 3.85. The Bertz CT molecular complexity index is 646. The van der Waals surface area contributed by atoms with Crippen molar-refractivity contribution in [1.82, 2.24) is 4.90 Å². The molecule has 1 saturated heterocycles. The molecule has 0 saturated carbocycles. The van der Waals surface area contributed by atoms with E-state index in [0.717, 1.165) is 44.3 Å². The molecule has 24 heavy (non-hydrogen) atoms. The fourth-order valence-electron chi connectivity index (χ4n) is 3.56. The molecule has 0 unspecified atom stereocenters. The summed E-state index contributed by atoms with van der Waals surface area (Å²) >= 11 is 0. The van der Waals surface area contributed by atoms with Gasteiger partial charge < -0.3 is 10.6 Å². The van der Waals surface area contributed by atoms with Crippen molar-refractivity contribution in [2.75, 3.05) is 19.6 Å². The molecular formula is C21H26N2O. The molecule has 1 fully saturated rings. The van der Waals surface area contributed by atoms with Crippen molar-refractivity contribution in [3.8, 4) is 0 Å². The minimum Gasteiger partial charge on any atom is -0.339 e. The molecule has 2 N–H and O–H groups in total. The van der Waals surface area contributed by atoms with Gasteiger partial charge in [0.1, 0.15) is 0 Å². The summed E-state index contributed by atoms with van der Waals surface area (Å²) in [6.45, 7) is 2.31. The molecule has 1 heterocycles. The van der Waals surface area contributed by atoms with Gasteiger partial charge in [-0.15, -0.1) is 0 Å². The monoisotopic (exact) mass is 322 g/mol. The Kier molecular flexibility index (Phi) is 5.31. The first kappa shape index (κ1) is 16.7. The number of likely N-dealkylation sites (tertiary alicyclic amines) is 1. The average Bonchev–Trinajstić information content (AvgIpc) is 2.68. The summed E-state index contributed by atoms with van der Waals surface area (Å²) in [6, 6.07) is 20.1. The summed E-state index contributed by atoms with van der Waals surface area (Å²) in [6.07, 6.45) is 4.15. The first-order valence-electron chi connectivity index (χ1n) is 8.81. The minimum atomic E-state index is 0.143. The van der Waals surface area contributed by atoms with Gasteiger partial charge >= 0.3 is 0 Å². The third-order valence-corrected chi connectivity index (χ3v) is 5.35. The number of amides is 1. The first-order chi connectivity index (χ1) is 11.7. The number of benzene rings is 2. The number of hydrogen-bond acceptors (Lipinski definition) is 2. The second-order valence-corrected chi connectivity index (χ2v) is 6.85. The summed E-state index contributed by atoms with van der Waals surface area (Å²) in [4.78, 5) is 14.6. The maximum atomic E-state index is 12.6. The van der Waals surface area contributed by atoms with Gasteiger partial charge in [-0.05, 0) is 55.3 Å². The van der Waals surface area contributed by atoms with Crippen LogP contribution in [-0.2, 0) is 6.42 Å². The lowest BCUT2D eigenvalue weighted by atomic mass is 9.74. The molecule has 2 aromatic carbocycles. The van der Waals surface area contributed by atoms with Crippen molar-refractivity contribution < 1.29 is 4.79 Å². The van der Waals surface area contributed by atoms with E-state index >= 15 is 0 Å². The van der Waals surface area contributed by atoms with Gasteiger partial charge in [-0.2, -0.15) is 0 Å². The zero-order chi connectivity index (χ0) is 16.8. The Morgan fingerprint density at radius 1 is 0.958 bits per heavy atom. The van der Waals surface area contributed by atoms with Crippen LogP contribution in [0, 0.1) is 5.41 Å². The highest BCUT2D eigenvalue weighted by molar-refractivity contribution is 5.94. The molecule has 0 spiro atoms. The maximum absolute atomic E-state index is 12.6. The van der Waals surface area contributed by atoms with Crippen LogP contribution in [0.2, 0.25) is 0 Å². The number of hydrogen-bond donors (Lipinski definition) is 1. The van der Waals surface area contributed by atoms with Crippen LogP contribution >= 0.6 is 0 Å². The number of aryl methyl sites for hydroxylation is 1. The van der Waals surface area contributed by atoms with Crippen molar-refractivity contribution in [1.29, 1.82) is 0 Å². The molecule has 2 aromatic rings. The molecule has 1 aliphatic heterocycles. The Labute approximate surface area is 144 Å². The Hall–Kier alpha value is -2.13. The third-order valence-electron chi connectivity index (χ3n) is 5.35. The van der Waals surface area contributed by atoms with Gasteiger partial charge in [0.2, 0.25) is 0 Å². The van der Waals surface area contributed by atoms with E-state index in [4.69, 9.17) is 5.73 Å². The van der Waals surface area contributed by atoms with Gasteiger partial charge in [0.15, 0.2) is 0 Å². The van der Waals surface area contributed by atoms with Crippen molar-refractivity contribution in [2.45, 2.75) is 25.7 Å². The van der Waals surface area contributed by atoms with E-state index < -0.39 is 0 Å². The largest absolute Gasteiger partial charge is 0.339 e. The quantitative estimate of drug-likeness (QED) is 0.916. The Morgan fingerprint density at radius 3 is 2.12 bits per heavy atom. The van der Waals surface area contributed by atoms with Crippen LogP contribution in [-0.4, -0.2) is 30.4 Å². The van der Waals surface area contributed by atoms with Gasteiger partial charge in [-0.1, -0.05) is 48.5 Å². The molecule has 0 aromatic heterocycles. The van der Waals surface area contributed by atoms with Crippen molar-refractivity contribution in [2.24, 2.45) is 11.1 Å². The predicted octanol–water partition coefficient (Wildman–Crippen LogP) is 3.50. The van der Waals surface area contributed by atoms with Crippen LogP contribution in [0.1, 0.15) is 35.2 Å². The van der Waals surface area contributed by atoms with Gasteiger partial charge in [0.25, 0.3) is 5.91 Å².